The average Bonchev–Trinajstić information content (AvgIpc) is 3.71. The highest BCUT2D eigenvalue weighted by molar-refractivity contribution is 6.09. The van der Waals surface area contributed by atoms with Crippen LogP contribution in [0.3, 0.4) is 0 Å². The van der Waals surface area contributed by atoms with Crippen LogP contribution >= 0.6 is 0 Å². The lowest BCUT2D eigenvalue weighted by Gasteiger charge is -2.35. The molecule has 0 atom stereocenters. The minimum absolute atomic E-state index is 0.241. The first-order valence-electron chi connectivity index (χ1n) is 16.7. The molecule has 7 aromatic carbocycles. The van der Waals surface area contributed by atoms with Crippen LogP contribution in [0, 0.1) is 0 Å². The number of hydrogen-bond acceptors (Lipinski definition) is 4. The Morgan fingerprint density at radius 1 is 0.449 bits per heavy atom. The van der Waals surface area contributed by atoms with Crippen LogP contribution in [-0.2, 0) is 5.41 Å². The van der Waals surface area contributed by atoms with Crippen LogP contribution in [0.2, 0.25) is 0 Å². The second-order valence-electron chi connectivity index (χ2n) is 13.3. The average molecular weight is 634 g/mol. The van der Waals surface area contributed by atoms with Gasteiger partial charge in [0.05, 0.1) is 5.39 Å². The summed E-state index contributed by atoms with van der Waals surface area (Å²) in [4.78, 5) is 2.29. The van der Waals surface area contributed by atoms with E-state index >= 15 is 0 Å². The van der Waals surface area contributed by atoms with Gasteiger partial charge in [-0.1, -0.05) is 98.8 Å². The molecule has 2 aromatic heterocycles. The molecule has 0 spiro atoms. The summed E-state index contributed by atoms with van der Waals surface area (Å²) in [5.74, 6) is 1.76. The monoisotopic (exact) mass is 633 g/mol. The topological polar surface area (TPSA) is 38.8 Å². The number of hydrogen-bond donors (Lipinski definition) is 0. The molecular weight excluding hydrogens is 602 g/mol. The number of ether oxygens (including phenoxy) is 1. The van der Waals surface area contributed by atoms with Crippen molar-refractivity contribution >= 4 is 60.9 Å². The molecule has 0 amide bonds. The zero-order chi connectivity index (χ0) is 32.7. The summed E-state index contributed by atoms with van der Waals surface area (Å²) in [6.07, 6.45) is 0. The van der Waals surface area contributed by atoms with Crippen molar-refractivity contribution in [2.24, 2.45) is 0 Å². The van der Waals surface area contributed by atoms with Gasteiger partial charge < -0.3 is 18.5 Å². The Hall–Kier alpha value is -6.26. The molecule has 0 N–H and O–H groups in total. The summed E-state index contributed by atoms with van der Waals surface area (Å²) < 4.78 is 19.2. The highest BCUT2D eigenvalue weighted by Gasteiger charge is 2.36. The molecular formula is C45H31NO3. The lowest BCUT2D eigenvalue weighted by Crippen LogP contribution is -2.24. The molecule has 9 aromatic rings. The van der Waals surface area contributed by atoms with Crippen molar-refractivity contribution in [3.8, 4) is 22.6 Å². The molecule has 1 aliphatic rings. The molecule has 0 saturated heterocycles. The van der Waals surface area contributed by atoms with E-state index in [0.717, 1.165) is 83.6 Å². The number of para-hydroxylation sites is 3. The van der Waals surface area contributed by atoms with Gasteiger partial charge in [0, 0.05) is 49.8 Å². The van der Waals surface area contributed by atoms with Gasteiger partial charge in [-0.15, -0.1) is 0 Å². The van der Waals surface area contributed by atoms with Crippen LogP contribution in [0.15, 0.2) is 160 Å². The van der Waals surface area contributed by atoms with Crippen LogP contribution in [0.1, 0.15) is 25.0 Å². The summed E-state index contributed by atoms with van der Waals surface area (Å²) in [5, 5.41) is 4.32. The standard InChI is InChI=1S/C45H31NO3/c1-45(2)36-22-18-29(26-42(36)49-44-37(45)23-25-41-43(44)34-13-7-9-15-39(34)48-41)28-16-19-31(20-17-28)46(30-10-4-3-5-11-30)32-21-24-40-35(27-32)33-12-6-8-14-38(33)47-40/h3-27H,1-2H3. The van der Waals surface area contributed by atoms with Gasteiger partial charge in [0.2, 0.25) is 0 Å². The molecule has 4 heteroatoms. The smallest absolute Gasteiger partial charge is 0.143 e. The fourth-order valence-electron chi connectivity index (χ4n) is 7.62. The second-order valence-corrected chi connectivity index (χ2v) is 13.3. The molecule has 234 valence electrons. The minimum atomic E-state index is -0.241. The number of furan rings is 2. The summed E-state index contributed by atoms with van der Waals surface area (Å²) in [7, 11) is 0. The maximum absolute atomic E-state index is 6.82. The van der Waals surface area contributed by atoms with E-state index in [0.29, 0.717) is 0 Å². The summed E-state index contributed by atoms with van der Waals surface area (Å²) in [6, 6.07) is 53.0. The van der Waals surface area contributed by atoms with Gasteiger partial charge in [-0.05, 0) is 77.9 Å². The van der Waals surface area contributed by atoms with Gasteiger partial charge in [-0.3, -0.25) is 0 Å². The summed E-state index contributed by atoms with van der Waals surface area (Å²) in [5.41, 5.74) is 11.0. The van der Waals surface area contributed by atoms with E-state index in [2.05, 4.69) is 146 Å². The maximum atomic E-state index is 6.82. The van der Waals surface area contributed by atoms with Crippen LogP contribution in [-0.4, -0.2) is 0 Å². The Morgan fingerprint density at radius 3 is 1.86 bits per heavy atom. The molecule has 0 saturated carbocycles. The molecule has 0 bridgehead atoms. The quantitative estimate of drug-likeness (QED) is 0.193. The van der Waals surface area contributed by atoms with E-state index in [-0.39, 0.29) is 5.41 Å². The number of nitrogens with zero attached hydrogens (tertiary/aromatic N) is 1. The molecule has 10 rings (SSSR count). The normalized spacial score (nSPS) is 13.4. The second kappa shape index (κ2) is 10.4. The first kappa shape index (κ1) is 27.8. The van der Waals surface area contributed by atoms with E-state index in [9.17, 15) is 0 Å². The predicted octanol–water partition coefficient (Wildman–Crippen LogP) is 13.1. The first-order chi connectivity index (χ1) is 24.0. The van der Waals surface area contributed by atoms with Crippen molar-refractivity contribution < 1.29 is 13.6 Å². The molecule has 0 aliphatic carbocycles. The third-order valence-electron chi connectivity index (χ3n) is 10.1. The molecule has 4 nitrogen and oxygen atoms in total. The largest absolute Gasteiger partial charge is 0.456 e. The van der Waals surface area contributed by atoms with Crippen molar-refractivity contribution in [1.82, 2.24) is 0 Å². The Bertz CT molecular complexity index is 2720. The fourth-order valence-corrected chi connectivity index (χ4v) is 7.62. The third kappa shape index (κ3) is 4.24. The number of anilines is 3. The molecule has 1 aliphatic heterocycles. The molecule has 49 heavy (non-hydrogen) atoms. The lowest BCUT2D eigenvalue weighted by atomic mass is 9.75. The highest BCUT2D eigenvalue weighted by atomic mass is 16.5. The minimum Gasteiger partial charge on any atom is -0.456 e. The maximum Gasteiger partial charge on any atom is 0.143 e. The van der Waals surface area contributed by atoms with Crippen LogP contribution in [0.5, 0.6) is 11.5 Å². The summed E-state index contributed by atoms with van der Waals surface area (Å²) in [6.45, 7) is 4.55. The van der Waals surface area contributed by atoms with E-state index in [1.807, 2.05) is 24.3 Å². The van der Waals surface area contributed by atoms with Gasteiger partial charge in [-0.25, -0.2) is 0 Å². The van der Waals surface area contributed by atoms with Gasteiger partial charge >= 0.3 is 0 Å². The van der Waals surface area contributed by atoms with Gasteiger partial charge in [0.15, 0.2) is 0 Å². The molecule has 3 heterocycles. The highest BCUT2D eigenvalue weighted by Crippen LogP contribution is 2.53. The van der Waals surface area contributed by atoms with Gasteiger partial charge in [0.1, 0.15) is 33.8 Å². The van der Waals surface area contributed by atoms with Crippen molar-refractivity contribution in [3.05, 3.63) is 163 Å². The van der Waals surface area contributed by atoms with E-state index in [1.54, 1.807) is 0 Å². The number of fused-ring (bicyclic) bond motifs is 9. The Labute approximate surface area is 283 Å². The van der Waals surface area contributed by atoms with E-state index in [1.165, 1.54) is 11.1 Å². The number of benzene rings is 7. The van der Waals surface area contributed by atoms with E-state index in [4.69, 9.17) is 13.6 Å². The van der Waals surface area contributed by atoms with Crippen molar-refractivity contribution in [2.45, 2.75) is 19.3 Å². The van der Waals surface area contributed by atoms with Crippen molar-refractivity contribution in [2.75, 3.05) is 4.90 Å². The molecule has 0 radical (unpaired) electrons. The molecule has 0 fully saturated rings. The predicted molar refractivity (Wildman–Crippen MR) is 200 cm³/mol. The van der Waals surface area contributed by atoms with Crippen LogP contribution < -0.4 is 9.64 Å². The van der Waals surface area contributed by atoms with Crippen LogP contribution in [0.25, 0.3) is 55.0 Å². The molecule has 0 unspecified atom stereocenters. The van der Waals surface area contributed by atoms with Gasteiger partial charge in [-0.2, -0.15) is 0 Å². The SMILES string of the molecule is CC1(C)c2ccc(-c3ccc(N(c4ccccc4)c4ccc5oc6ccccc6c5c4)cc3)cc2Oc2c1ccc1oc3ccccc3c21. The van der Waals surface area contributed by atoms with Crippen LogP contribution in [0.4, 0.5) is 17.1 Å². The third-order valence-corrected chi connectivity index (χ3v) is 10.1. The Morgan fingerprint density at radius 2 is 1.04 bits per heavy atom. The van der Waals surface area contributed by atoms with Crippen molar-refractivity contribution in [1.29, 1.82) is 0 Å². The lowest BCUT2D eigenvalue weighted by molar-refractivity contribution is 0.423. The zero-order valence-electron chi connectivity index (χ0n) is 27.1. The van der Waals surface area contributed by atoms with Gasteiger partial charge in [0.25, 0.3) is 0 Å². The zero-order valence-corrected chi connectivity index (χ0v) is 27.1. The van der Waals surface area contributed by atoms with Crippen molar-refractivity contribution in [3.63, 3.8) is 0 Å². The Kier molecular flexibility index (Phi) is 5.89. The van der Waals surface area contributed by atoms with E-state index < -0.39 is 0 Å². The fraction of sp³-hybridized carbons (Fsp3) is 0.0667. The summed E-state index contributed by atoms with van der Waals surface area (Å²) >= 11 is 0. The first-order valence-corrected chi connectivity index (χ1v) is 16.7. The number of rotatable bonds is 4. The Balaban J connectivity index is 1.05.